The number of rotatable bonds is 2. The molecule has 7 heteroatoms. The average Bonchev–Trinajstić information content (AvgIpc) is 2.15. The molecule has 0 aromatic carbocycles. The van der Waals surface area contributed by atoms with E-state index < -0.39 is 18.1 Å². The van der Waals surface area contributed by atoms with Gasteiger partial charge in [-0.1, -0.05) is 0 Å². The molecule has 1 atom stereocenters. The quantitative estimate of drug-likeness (QED) is 0.756. The summed E-state index contributed by atoms with van der Waals surface area (Å²) in [5.41, 5.74) is -0.127. The van der Waals surface area contributed by atoms with Crippen LogP contribution in [0, 0.1) is 11.9 Å². The van der Waals surface area contributed by atoms with E-state index in [4.69, 9.17) is 5.11 Å². The Labute approximate surface area is 90.4 Å². The maximum Gasteiger partial charge on any atom is 0.407 e. The topological polar surface area (TPSA) is 86.5 Å². The summed E-state index contributed by atoms with van der Waals surface area (Å²) in [5, 5.41) is 18.4. The van der Waals surface area contributed by atoms with Crippen molar-refractivity contribution < 1.29 is 19.4 Å². The first-order chi connectivity index (χ1) is 7.59. The van der Waals surface area contributed by atoms with Crippen molar-refractivity contribution in [1.82, 2.24) is 14.9 Å². The number of hydrogen-bond acceptors (Lipinski definition) is 4. The number of carboxylic acid groups (broad SMARTS) is 1. The Hall–Kier alpha value is -1.76. The van der Waals surface area contributed by atoms with Crippen LogP contribution in [0.2, 0.25) is 0 Å². The van der Waals surface area contributed by atoms with Crippen molar-refractivity contribution in [2.24, 2.45) is 5.92 Å². The van der Waals surface area contributed by atoms with Gasteiger partial charge in [-0.3, -0.25) is 4.98 Å². The molecule has 86 valence electrons. The number of amides is 1. The summed E-state index contributed by atoms with van der Waals surface area (Å²) in [4.78, 5) is 18.7. The summed E-state index contributed by atoms with van der Waals surface area (Å²) < 4.78 is 13.2. The molecular formula is C9H10FN3O3. The minimum atomic E-state index is -1.11. The third-order valence-electron chi connectivity index (χ3n) is 2.59. The van der Waals surface area contributed by atoms with Crippen LogP contribution in [0.3, 0.4) is 0 Å². The van der Waals surface area contributed by atoms with E-state index in [0.717, 1.165) is 4.90 Å². The Bertz CT molecular complexity index is 409. The fraction of sp³-hybridized carbons (Fsp3) is 0.444. The highest BCUT2D eigenvalue weighted by Gasteiger charge is 2.37. The van der Waals surface area contributed by atoms with Gasteiger partial charge in [-0.25, -0.2) is 9.78 Å². The lowest BCUT2D eigenvalue weighted by Gasteiger charge is -2.39. The lowest BCUT2D eigenvalue weighted by molar-refractivity contribution is -0.00119. The molecule has 0 spiro atoms. The van der Waals surface area contributed by atoms with Crippen molar-refractivity contribution in [3.8, 4) is 0 Å². The Morgan fingerprint density at radius 2 is 2.12 bits per heavy atom. The number of carbonyl (C=O) groups is 1. The van der Waals surface area contributed by atoms with Gasteiger partial charge in [0.15, 0.2) is 0 Å². The molecule has 16 heavy (non-hydrogen) atoms. The SMILES string of the molecule is O=C(O)N1CC(C(O)c2nccnc2F)C1. The van der Waals surface area contributed by atoms with E-state index in [1.165, 1.54) is 12.4 Å². The van der Waals surface area contributed by atoms with Gasteiger partial charge in [0.2, 0.25) is 5.95 Å². The van der Waals surface area contributed by atoms with Gasteiger partial charge in [0.1, 0.15) is 11.8 Å². The number of hydrogen-bond donors (Lipinski definition) is 2. The van der Waals surface area contributed by atoms with Crippen LogP contribution < -0.4 is 0 Å². The molecule has 1 aliphatic rings. The summed E-state index contributed by atoms with van der Waals surface area (Å²) in [6, 6.07) is 0. The zero-order valence-corrected chi connectivity index (χ0v) is 8.25. The Kier molecular flexibility index (Phi) is 2.69. The fourth-order valence-electron chi connectivity index (χ4n) is 1.62. The van der Waals surface area contributed by atoms with Crippen LogP contribution in [-0.2, 0) is 0 Å². The van der Waals surface area contributed by atoms with Crippen LogP contribution in [0.25, 0.3) is 0 Å². The minimum Gasteiger partial charge on any atom is -0.465 e. The first-order valence-electron chi connectivity index (χ1n) is 4.72. The van der Waals surface area contributed by atoms with Crippen LogP contribution in [-0.4, -0.2) is 44.3 Å². The maximum atomic E-state index is 13.2. The number of likely N-dealkylation sites (tertiary alicyclic amines) is 1. The van der Waals surface area contributed by atoms with Crippen molar-refractivity contribution in [2.75, 3.05) is 13.1 Å². The second-order valence-electron chi connectivity index (χ2n) is 3.62. The molecule has 2 heterocycles. The number of halogens is 1. The predicted molar refractivity (Wildman–Crippen MR) is 50.0 cm³/mol. The van der Waals surface area contributed by atoms with Crippen molar-refractivity contribution in [3.05, 3.63) is 24.0 Å². The van der Waals surface area contributed by atoms with Gasteiger partial charge in [0.05, 0.1) is 0 Å². The molecule has 1 aromatic rings. The third kappa shape index (κ3) is 1.81. The Balaban J connectivity index is 2.03. The number of aromatic nitrogens is 2. The van der Waals surface area contributed by atoms with Gasteiger partial charge >= 0.3 is 6.09 Å². The zero-order chi connectivity index (χ0) is 11.7. The van der Waals surface area contributed by atoms with Crippen LogP contribution >= 0.6 is 0 Å². The average molecular weight is 227 g/mol. The van der Waals surface area contributed by atoms with Gasteiger partial charge in [0, 0.05) is 31.4 Å². The second-order valence-corrected chi connectivity index (χ2v) is 3.62. The summed E-state index contributed by atoms with van der Waals surface area (Å²) in [6.45, 7) is 0.374. The van der Waals surface area contributed by atoms with Crippen molar-refractivity contribution in [2.45, 2.75) is 6.10 Å². The highest BCUT2D eigenvalue weighted by Crippen LogP contribution is 2.29. The molecule has 1 amide bonds. The van der Waals surface area contributed by atoms with Gasteiger partial charge in [-0.05, 0) is 0 Å². The Morgan fingerprint density at radius 3 is 2.69 bits per heavy atom. The maximum absolute atomic E-state index is 13.2. The molecule has 0 aliphatic carbocycles. The summed E-state index contributed by atoms with van der Waals surface area (Å²) >= 11 is 0. The number of aliphatic hydroxyl groups excluding tert-OH is 1. The third-order valence-corrected chi connectivity index (χ3v) is 2.59. The van der Waals surface area contributed by atoms with E-state index in [0.29, 0.717) is 0 Å². The number of aliphatic hydroxyl groups is 1. The molecule has 1 fully saturated rings. The predicted octanol–water partition coefficient (Wildman–Crippen LogP) is 0.259. The molecule has 1 unspecified atom stereocenters. The molecule has 0 saturated carbocycles. The van der Waals surface area contributed by atoms with Gasteiger partial charge in [0.25, 0.3) is 0 Å². The molecule has 0 radical (unpaired) electrons. The lowest BCUT2D eigenvalue weighted by Crippen LogP contribution is -2.51. The molecule has 1 saturated heterocycles. The largest absolute Gasteiger partial charge is 0.465 e. The first kappa shape index (κ1) is 10.7. The molecule has 1 aromatic heterocycles. The van der Waals surface area contributed by atoms with Crippen LogP contribution in [0.4, 0.5) is 9.18 Å². The van der Waals surface area contributed by atoms with Gasteiger partial charge < -0.3 is 15.1 Å². The normalized spacial score (nSPS) is 18.0. The van der Waals surface area contributed by atoms with Crippen LogP contribution in [0.5, 0.6) is 0 Å². The second kappa shape index (κ2) is 4.01. The fourth-order valence-corrected chi connectivity index (χ4v) is 1.62. The Morgan fingerprint density at radius 1 is 1.50 bits per heavy atom. The first-order valence-corrected chi connectivity index (χ1v) is 4.72. The van der Waals surface area contributed by atoms with E-state index in [1.54, 1.807) is 0 Å². The summed E-state index contributed by atoms with van der Waals surface area (Å²) in [6.07, 6.45) is 0.331. The lowest BCUT2D eigenvalue weighted by atomic mass is 9.92. The van der Waals surface area contributed by atoms with Gasteiger partial charge in [-0.15, -0.1) is 0 Å². The molecule has 2 N–H and O–H groups in total. The van der Waals surface area contributed by atoms with E-state index in [2.05, 4.69) is 9.97 Å². The van der Waals surface area contributed by atoms with Gasteiger partial charge in [-0.2, -0.15) is 4.39 Å². The number of nitrogens with zero attached hydrogens (tertiary/aromatic N) is 3. The van der Waals surface area contributed by atoms with Crippen molar-refractivity contribution in [1.29, 1.82) is 0 Å². The molecule has 0 bridgehead atoms. The van der Waals surface area contributed by atoms with Crippen LogP contribution in [0.1, 0.15) is 11.8 Å². The molecule has 6 nitrogen and oxygen atoms in total. The van der Waals surface area contributed by atoms with Crippen molar-refractivity contribution in [3.63, 3.8) is 0 Å². The van der Waals surface area contributed by atoms with Crippen molar-refractivity contribution >= 4 is 6.09 Å². The highest BCUT2D eigenvalue weighted by molar-refractivity contribution is 5.66. The summed E-state index contributed by atoms with van der Waals surface area (Å²) in [7, 11) is 0. The van der Waals surface area contributed by atoms with E-state index in [9.17, 15) is 14.3 Å². The van der Waals surface area contributed by atoms with E-state index in [-0.39, 0.29) is 24.7 Å². The zero-order valence-electron chi connectivity index (χ0n) is 8.25. The molecule has 1 aliphatic heterocycles. The molecular weight excluding hydrogens is 217 g/mol. The smallest absolute Gasteiger partial charge is 0.407 e. The minimum absolute atomic E-state index is 0.127. The monoisotopic (exact) mass is 227 g/mol. The summed E-state index contributed by atoms with van der Waals surface area (Å²) in [5.74, 6) is -1.13. The van der Waals surface area contributed by atoms with E-state index in [1.807, 2.05) is 0 Å². The van der Waals surface area contributed by atoms with E-state index >= 15 is 0 Å². The van der Waals surface area contributed by atoms with Crippen LogP contribution in [0.15, 0.2) is 12.4 Å². The molecule has 2 rings (SSSR count). The standard InChI is InChI=1S/C9H10FN3O3/c10-8-6(11-1-2-12-8)7(14)5-3-13(4-5)9(15)16/h1-2,5,7,14H,3-4H2,(H,15,16). The highest BCUT2D eigenvalue weighted by atomic mass is 19.1.